The van der Waals surface area contributed by atoms with E-state index in [1.807, 2.05) is 37.4 Å². The molecule has 3 rings (SSSR count). The fraction of sp³-hybridized carbons (Fsp3) is 0.235. The fourth-order valence-corrected chi connectivity index (χ4v) is 4.09. The SMILES string of the molecule is CCN(CC)c1nc(=O)c2cc(NC(=O)c3cccs3)ccc2s1. The largest absolute Gasteiger partial charge is 0.349 e. The Morgan fingerprint density at radius 2 is 2.04 bits per heavy atom. The van der Waals surface area contributed by atoms with Crippen molar-refractivity contribution >= 4 is 49.5 Å². The van der Waals surface area contributed by atoms with Crippen molar-refractivity contribution in [3.05, 3.63) is 50.9 Å². The van der Waals surface area contributed by atoms with E-state index in [0.29, 0.717) is 16.0 Å². The van der Waals surface area contributed by atoms with Crippen LogP contribution in [0.1, 0.15) is 23.5 Å². The zero-order valence-corrected chi connectivity index (χ0v) is 15.0. The van der Waals surface area contributed by atoms with Crippen LogP contribution < -0.4 is 15.8 Å². The topological polar surface area (TPSA) is 62.3 Å². The van der Waals surface area contributed by atoms with Crippen molar-refractivity contribution in [1.29, 1.82) is 0 Å². The highest BCUT2D eigenvalue weighted by Crippen LogP contribution is 2.26. The van der Waals surface area contributed by atoms with Crippen LogP contribution in [0.15, 0.2) is 40.5 Å². The van der Waals surface area contributed by atoms with E-state index in [0.717, 1.165) is 22.9 Å². The molecule has 0 bridgehead atoms. The van der Waals surface area contributed by atoms with Gasteiger partial charge in [0.1, 0.15) is 0 Å². The maximum Gasteiger partial charge on any atom is 0.281 e. The van der Waals surface area contributed by atoms with E-state index in [2.05, 4.69) is 15.2 Å². The smallest absolute Gasteiger partial charge is 0.281 e. The zero-order valence-electron chi connectivity index (χ0n) is 13.4. The molecule has 1 amide bonds. The van der Waals surface area contributed by atoms with E-state index in [9.17, 15) is 9.59 Å². The van der Waals surface area contributed by atoms with Crippen LogP contribution in [0.4, 0.5) is 10.8 Å². The molecule has 0 aliphatic rings. The van der Waals surface area contributed by atoms with Gasteiger partial charge in [-0.15, -0.1) is 11.3 Å². The molecule has 0 unspecified atom stereocenters. The average molecular weight is 359 g/mol. The summed E-state index contributed by atoms with van der Waals surface area (Å²) < 4.78 is 0.867. The summed E-state index contributed by atoms with van der Waals surface area (Å²) in [6.07, 6.45) is 0. The van der Waals surface area contributed by atoms with Crippen molar-refractivity contribution in [2.24, 2.45) is 0 Å². The molecule has 24 heavy (non-hydrogen) atoms. The number of hydrogen-bond acceptors (Lipinski definition) is 6. The number of carbonyl (C=O) groups is 1. The maximum atomic E-state index is 12.4. The maximum absolute atomic E-state index is 12.4. The molecule has 5 nitrogen and oxygen atoms in total. The van der Waals surface area contributed by atoms with Gasteiger partial charge in [-0.3, -0.25) is 9.59 Å². The van der Waals surface area contributed by atoms with Gasteiger partial charge in [-0.25, -0.2) is 0 Å². The third-order valence-corrected chi connectivity index (χ3v) is 5.62. The lowest BCUT2D eigenvalue weighted by Crippen LogP contribution is -2.24. The number of fused-ring (bicyclic) bond motifs is 1. The molecule has 7 heteroatoms. The second-order valence-electron chi connectivity index (χ2n) is 5.12. The molecular formula is C17H17N3O2S2. The summed E-state index contributed by atoms with van der Waals surface area (Å²) in [6.45, 7) is 5.69. The van der Waals surface area contributed by atoms with E-state index >= 15 is 0 Å². The van der Waals surface area contributed by atoms with Crippen LogP contribution in [0, 0.1) is 0 Å². The van der Waals surface area contributed by atoms with Crippen LogP contribution in [0.25, 0.3) is 10.1 Å². The van der Waals surface area contributed by atoms with Crippen molar-refractivity contribution in [1.82, 2.24) is 4.98 Å². The second kappa shape index (κ2) is 7.11. The van der Waals surface area contributed by atoms with Gasteiger partial charge >= 0.3 is 0 Å². The summed E-state index contributed by atoms with van der Waals surface area (Å²) in [4.78, 5) is 31.4. The Bertz CT molecular complexity index is 915. The number of rotatable bonds is 5. The molecule has 1 aromatic carbocycles. The Balaban J connectivity index is 1.94. The predicted molar refractivity (Wildman–Crippen MR) is 102 cm³/mol. The first-order chi connectivity index (χ1) is 11.6. The molecule has 0 radical (unpaired) electrons. The quantitative estimate of drug-likeness (QED) is 0.752. The number of anilines is 2. The number of hydrogen-bond donors (Lipinski definition) is 1. The molecule has 0 aliphatic carbocycles. The van der Waals surface area contributed by atoms with Gasteiger partial charge in [0, 0.05) is 23.5 Å². The lowest BCUT2D eigenvalue weighted by atomic mass is 10.2. The van der Waals surface area contributed by atoms with Crippen LogP contribution >= 0.6 is 22.7 Å². The van der Waals surface area contributed by atoms with E-state index in [-0.39, 0.29) is 11.5 Å². The van der Waals surface area contributed by atoms with E-state index in [1.165, 1.54) is 22.7 Å². The molecule has 0 saturated carbocycles. The number of nitrogens with zero attached hydrogens (tertiary/aromatic N) is 2. The molecule has 124 valence electrons. The van der Waals surface area contributed by atoms with Crippen molar-refractivity contribution in [2.75, 3.05) is 23.3 Å². The summed E-state index contributed by atoms with van der Waals surface area (Å²) in [5.74, 6) is -0.173. The first-order valence-corrected chi connectivity index (χ1v) is 9.36. The zero-order chi connectivity index (χ0) is 17.1. The average Bonchev–Trinajstić information content (AvgIpc) is 3.11. The Hall–Kier alpha value is -2.25. The highest BCUT2D eigenvalue weighted by Gasteiger charge is 2.11. The van der Waals surface area contributed by atoms with Gasteiger partial charge in [-0.1, -0.05) is 17.4 Å². The Morgan fingerprint density at radius 3 is 2.71 bits per heavy atom. The molecular weight excluding hydrogens is 342 g/mol. The Morgan fingerprint density at radius 1 is 1.25 bits per heavy atom. The normalized spacial score (nSPS) is 10.8. The van der Waals surface area contributed by atoms with Crippen molar-refractivity contribution in [2.45, 2.75) is 13.8 Å². The second-order valence-corrected chi connectivity index (χ2v) is 7.07. The molecule has 0 spiro atoms. The number of thiophene rings is 1. The van der Waals surface area contributed by atoms with Crippen molar-refractivity contribution in [3.63, 3.8) is 0 Å². The van der Waals surface area contributed by atoms with Crippen molar-refractivity contribution < 1.29 is 4.79 Å². The highest BCUT2D eigenvalue weighted by atomic mass is 32.1. The molecule has 0 saturated heterocycles. The molecule has 3 aromatic rings. The summed E-state index contributed by atoms with van der Waals surface area (Å²) in [6, 6.07) is 8.96. The van der Waals surface area contributed by atoms with Crippen LogP contribution in [-0.4, -0.2) is 24.0 Å². The number of benzene rings is 1. The van der Waals surface area contributed by atoms with Gasteiger partial charge in [0.05, 0.1) is 10.3 Å². The van der Waals surface area contributed by atoms with Crippen LogP contribution in [0.2, 0.25) is 0 Å². The first-order valence-electron chi connectivity index (χ1n) is 7.67. The molecule has 0 fully saturated rings. The van der Waals surface area contributed by atoms with E-state index in [4.69, 9.17) is 0 Å². The molecule has 2 aromatic heterocycles. The fourth-order valence-electron chi connectivity index (χ4n) is 2.36. The number of amides is 1. The third-order valence-electron chi connectivity index (χ3n) is 3.65. The minimum Gasteiger partial charge on any atom is -0.349 e. The summed E-state index contributed by atoms with van der Waals surface area (Å²) >= 11 is 2.87. The monoisotopic (exact) mass is 359 g/mol. The standard InChI is InChI=1S/C17H17N3O2S2/c1-3-20(4-2)17-19-15(21)12-10-11(7-8-13(12)24-17)18-16(22)14-6-5-9-23-14/h5-10H,3-4H2,1-2H3,(H,18,22). The van der Waals surface area contributed by atoms with Crippen LogP contribution in [0.3, 0.4) is 0 Å². The Kier molecular flexibility index (Phi) is 4.92. The van der Waals surface area contributed by atoms with E-state index < -0.39 is 0 Å². The highest BCUT2D eigenvalue weighted by molar-refractivity contribution is 7.21. The minimum atomic E-state index is -0.266. The third kappa shape index (κ3) is 3.32. The summed E-state index contributed by atoms with van der Waals surface area (Å²) in [5.41, 5.74) is 0.334. The van der Waals surface area contributed by atoms with Gasteiger partial charge in [0.15, 0.2) is 5.13 Å². The van der Waals surface area contributed by atoms with Gasteiger partial charge < -0.3 is 10.2 Å². The van der Waals surface area contributed by atoms with Crippen LogP contribution in [0.5, 0.6) is 0 Å². The molecule has 2 heterocycles. The molecule has 1 N–H and O–H groups in total. The predicted octanol–water partition coefficient (Wildman–Crippen LogP) is 3.82. The number of aromatic nitrogens is 1. The Labute approximate surface area is 147 Å². The van der Waals surface area contributed by atoms with E-state index in [1.54, 1.807) is 12.1 Å². The molecule has 0 atom stereocenters. The molecule has 0 aliphatic heterocycles. The number of nitrogens with one attached hydrogen (secondary N) is 1. The first kappa shape index (κ1) is 16.6. The lowest BCUT2D eigenvalue weighted by Gasteiger charge is -2.18. The summed E-state index contributed by atoms with van der Waals surface area (Å²) in [5, 5.41) is 5.93. The number of carbonyl (C=O) groups excluding carboxylic acids is 1. The van der Waals surface area contributed by atoms with Gasteiger partial charge in [-0.05, 0) is 43.5 Å². The van der Waals surface area contributed by atoms with Crippen molar-refractivity contribution in [3.8, 4) is 0 Å². The van der Waals surface area contributed by atoms with Gasteiger partial charge in [0.25, 0.3) is 11.5 Å². The van der Waals surface area contributed by atoms with Crippen LogP contribution in [-0.2, 0) is 0 Å². The minimum absolute atomic E-state index is 0.173. The van der Waals surface area contributed by atoms with Gasteiger partial charge in [0.2, 0.25) is 0 Å². The summed E-state index contributed by atoms with van der Waals surface area (Å²) in [7, 11) is 0. The lowest BCUT2D eigenvalue weighted by molar-refractivity contribution is 0.103. The van der Waals surface area contributed by atoms with Gasteiger partial charge in [-0.2, -0.15) is 4.98 Å².